The van der Waals surface area contributed by atoms with Crippen LogP contribution in [0.2, 0.25) is 0 Å². The van der Waals surface area contributed by atoms with Crippen LogP contribution in [0.5, 0.6) is 0 Å². The van der Waals surface area contributed by atoms with E-state index >= 15 is 0 Å². The molecule has 4 nitrogen and oxygen atoms in total. The van der Waals surface area contributed by atoms with Gasteiger partial charge in [0.25, 0.3) is 0 Å². The SMILES string of the molecule is Cl.O=C(CNCC1CC1)NCCc1cc2ccccc2o1. The van der Waals surface area contributed by atoms with Crippen molar-refractivity contribution in [2.75, 3.05) is 19.6 Å². The molecule has 1 aromatic heterocycles. The van der Waals surface area contributed by atoms with Gasteiger partial charge in [0.1, 0.15) is 11.3 Å². The third-order valence-electron chi connectivity index (χ3n) is 3.59. The van der Waals surface area contributed by atoms with Crippen LogP contribution in [-0.4, -0.2) is 25.5 Å². The van der Waals surface area contributed by atoms with Crippen molar-refractivity contribution in [3.63, 3.8) is 0 Å². The topological polar surface area (TPSA) is 54.3 Å². The number of hydrogen-bond acceptors (Lipinski definition) is 3. The molecule has 2 N–H and O–H groups in total. The number of amides is 1. The summed E-state index contributed by atoms with van der Waals surface area (Å²) in [5.41, 5.74) is 0.903. The van der Waals surface area contributed by atoms with E-state index in [4.69, 9.17) is 4.42 Å². The Morgan fingerprint density at radius 3 is 2.86 bits per heavy atom. The fraction of sp³-hybridized carbons (Fsp3) is 0.438. The third kappa shape index (κ3) is 4.76. The lowest BCUT2D eigenvalue weighted by molar-refractivity contribution is -0.120. The molecule has 0 unspecified atom stereocenters. The van der Waals surface area contributed by atoms with Crippen molar-refractivity contribution in [3.05, 3.63) is 36.1 Å². The van der Waals surface area contributed by atoms with Crippen molar-refractivity contribution in [1.29, 1.82) is 0 Å². The van der Waals surface area contributed by atoms with E-state index in [0.29, 0.717) is 13.1 Å². The van der Waals surface area contributed by atoms with Gasteiger partial charge in [0.15, 0.2) is 0 Å². The lowest BCUT2D eigenvalue weighted by Crippen LogP contribution is -2.35. The van der Waals surface area contributed by atoms with E-state index in [1.807, 2.05) is 30.3 Å². The fourth-order valence-electron chi connectivity index (χ4n) is 2.26. The summed E-state index contributed by atoms with van der Waals surface area (Å²) >= 11 is 0. The summed E-state index contributed by atoms with van der Waals surface area (Å²) in [6, 6.07) is 9.98. The molecule has 5 heteroatoms. The van der Waals surface area contributed by atoms with Crippen molar-refractivity contribution < 1.29 is 9.21 Å². The molecule has 0 bridgehead atoms. The minimum atomic E-state index is 0. The first kappa shape index (κ1) is 15.9. The molecule has 1 aliphatic carbocycles. The van der Waals surface area contributed by atoms with Gasteiger partial charge in [-0.25, -0.2) is 0 Å². The van der Waals surface area contributed by atoms with Crippen molar-refractivity contribution in [2.45, 2.75) is 19.3 Å². The van der Waals surface area contributed by atoms with Crippen molar-refractivity contribution in [3.8, 4) is 0 Å². The first-order valence-corrected chi connectivity index (χ1v) is 7.26. The zero-order valence-electron chi connectivity index (χ0n) is 11.9. The average Bonchev–Trinajstić information content (AvgIpc) is 3.17. The number of carbonyl (C=O) groups is 1. The van der Waals surface area contributed by atoms with Crippen molar-refractivity contribution in [2.24, 2.45) is 5.92 Å². The summed E-state index contributed by atoms with van der Waals surface area (Å²) in [7, 11) is 0. The van der Waals surface area contributed by atoms with E-state index in [9.17, 15) is 4.79 Å². The van der Waals surface area contributed by atoms with Gasteiger partial charge >= 0.3 is 0 Å². The average molecular weight is 309 g/mol. The van der Waals surface area contributed by atoms with Crippen LogP contribution in [0.3, 0.4) is 0 Å². The molecule has 2 aromatic rings. The molecule has 1 heterocycles. The van der Waals surface area contributed by atoms with Crippen LogP contribution < -0.4 is 10.6 Å². The Balaban J connectivity index is 0.00000161. The lowest BCUT2D eigenvalue weighted by Gasteiger charge is -2.05. The quantitative estimate of drug-likeness (QED) is 0.826. The highest BCUT2D eigenvalue weighted by molar-refractivity contribution is 5.85. The van der Waals surface area contributed by atoms with Gasteiger partial charge in [-0.3, -0.25) is 4.79 Å². The third-order valence-corrected chi connectivity index (χ3v) is 3.59. The number of para-hydroxylation sites is 1. The smallest absolute Gasteiger partial charge is 0.233 e. The summed E-state index contributed by atoms with van der Waals surface area (Å²) in [5, 5.41) is 7.20. The summed E-state index contributed by atoms with van der Waals surface area (Å²) in [6.07, 6.45) is 3.34. The monoisotopic (exact) mass is 308 g/mol. The van der Waals surface area contributed by atoms with Crippen LogP contribution in [0.15, 0.2) is 34.7 Å². The zero-order valence-corrected chi connectivity index (χ0v) is 12.7. The predicted molar refractivity (Wildman–Crippen MR) is 85.8 cm³/mol. The molecule has 21 heavy (non-hydrogen) atoms. The van der Waals surface area contributed by atoms with Gasteiger partial charge in [0, 0.05) is 18.4 Å². The normalized spacial score (nSPS) is 13.9. The van der Waals surface area contributed by atoms with E-state index < -0.39 is 0 Å². The number of hydrogen-bond donors (Lipinski definition) is 2. The highest BCUT2D eigenvalue weighted by Gasteiger charge is 2.20. The second-order valence-electron chi connectivity index (χ2n) is 5.42. The summed E-state index contributed by atoms with van der Waals surface area (Å²) in [5.74, 6) is 1.78. The molecule has 0 aliphatic heterocycles. The number of carbonyl (C=O) groups excluding carboxylic acids is 1. The Bertz CT molecular complexity index is 560. The highest BCUT2D eigenvalue weighted by atomic mass is 35.5. The van der Waals surface area contributed by atoms with Gasteiger partial charge in [-0.2, -0.15) is 0 Å². The van der Waals surface area contributed by atoms with Crippen LogP contribution >= 0.6 is 12.4 Å². The standard InChI is InChI=1S/C16H20N2O2.ClH/c19-16(11-17-10-12-5-6-12)18-8-7-14-9-13-3-1-2-4-15(13)20-14;/h1-4,9,12,17H,5-8,10-11H2,(H,18,19);1H. The van der Waals surface area contributed by atoms with Gasteiger partial charge < -0.3 is 15.1 Å². The van der Waals surface area contributed by atoms with Crippen LogP contribution in [0.1, 0.15) is 18.6 Å². The predicted octanol–water partition coefficient (Wildman–Crippen LogP) is 2.51. The van der Waals surface area contributed by atoms with Gasteiger partial charge in [-0.1, -0.05) is 18.2 Å². The maximum Gasteiger partial charge on any atom is 0.233 e. The Kier molecular flexibility index (Phi) is 5.65. The molecular weight excluding hydrogens is 288 g/mol. The van der Waals surface area contributed by atoms with Crippen LogP contribution in [-0.2, 0) is 11.2 Å². The Labute approximate surface area is 130 Å². The van der Waals surface area contributed by atoms with Gasteiger partial charge in [0.2, 0.25) is 5.91 Å². The van der Waals surface area contributed by atoms with E-state index in [-0.39, 0.29) is 18.3 Å². The van der Waals surface area contributed by atoms with E-state index in [1.165, 1.54) is 12.8 Å². The molecule has 0 saturated heterocycles. The summed E-state index contributed by atoms with van der Waals surface area (Å²) in [4.78, 5) is 11.6. The van der Waals surface area contributed by atoms with Crippen LogP contribution in [0.25, 0.3) is 11.0 Å². The first-order valence-electron chi connectivity index (χ1n) is 7.26. The first-order chi connectivity index (χ1) is 9.81. The Morgan fingerprint density at radius 1 is 1.29 bits per heavy atom. The molecular formula is C16H21ClN2O2. The zero-order chi connectivity index (χ0) is 13.8. The minimum Gasteiger partial charge on any atom is -0.461 e. The fourth-order valence-corrected chi connectivity index (χ4v) is 2.26. The molecule has 0 atom stereocenters. The second-order valence-corrected chi connectivity index (χ2v) is 5.42. The van der Waals surface area contributed by atoms with Gasteiger partial charge in [-0.05, 0) is 37.4 Å². The molecule has 1 saturated carbocycles. The number of benzene rings is 1. The molecule has 0 spiro atoms. The molecule has 1 amide bonds. The lowest BCUT2D eigenvalue weighted by atomic mass is 10.2. The van der Waals surface area contributed by atoms with Gasteiger partial charge in [0.05, 0.1) is 6.54 Å². The number of rotatable bonds is 7. The number of furan rings is 1. The number of nitrogens with one attached hydrogen (secondary N) is 2. The highest BCUT2D eigenvalue weighted by Crippen LogP contribution is 2.27. The molecule has 1 aliphatic rings. The number of fused-ring (bicyclic) bond motifs is 1. The van der Waals surface area contributed by atoms with Crippen LogP contribution in [0.4, 0.5) is 0 Å². The maximum atomic E-state index is 11.6. The maximum absolute atomic E-state index is 11.6. The molecule has 3 rings (SSSR count). The van der Waals surface area contributed by atoms with E-state index in [2.05, 4.69) is 10.6 Å². The largest absolute Gasteiger partial charge is 0.461 e. The number of halogens is 1. The van der Waals surface area contributed by atoms with E-state index in [0.717, 1.165) is 35.6 Å². The summed E-state index contributed by atoms with van der Waals surface area (Å²) < 4.78 is 5.70. The second kappa shape index (κ2) is 7.48. The summed E-state index contributed by atoms with van der Waals surface area (Å²) in [6.45, 7) is 2.00. The Morgan fingerprint density at radius 2 is 2.10 bits per heavy atom. The molecule has 1 aromatic carbocycles. The van der Waals surface area contributed by atoms with Gasteiger partial charge in [-0.15, -0.1) is 12.4 Å². The van der Waals surface area contributed by atoms with Crippen LogP contribution in [0, 0.1) is 5.92 Å². The van der Waals surface area contributed by atoms with Crippen molar-refractivity contribution >= 4 is 29.3 Å². The van der Waals surface area contributed by atoms with Crippen molar-refractivity contribution in [1.82, 2.24) is 10.6 Å². The minimum absolute atomic E-state index is 0. The molecule has 1 fully saturated rings. The van der Waals surface area contributed by atoms with E-state index in [1.54, 1.807) is 0 Å². The Hall–Kier alpha value is -1.52. The molecule has 114 valence electrons. The molecule has 0 radical (unpaired) electrons.